The summed E-state index contributed by atoms with van der Waals surface area (Å²) >= 11 is 3.73. The van der Waals surface area contributed by atoms with E-state index in [0.717, 1.165) is 22.6 Å². The maximum atomic E-state index is 5.61. The third-order valence-electron chi connectivity index (χ3n) is 9.98. The third kappa shape index (κ3) is 3.90. The van der Waals surface area contributed by atoms with Crippen LogP contribution < -0.4 is 0 Å². The Balaban J connectivity index is 1.37. The van der Waals surface area contributed by atoms with Gasteiger partial charge in [0.05, 0.1) is 26.1 Å². The normalized spacial score (nSPS) is 12.1. The monoisotopic (exact) mass is 658 g/mol. The number of aromatic nitrogens is 2. The van der Waals surface area contributed by atoms with Gasteiger partial charge in [0.15, 0.2) is 0 Å². The summed E-state index contributed by atoms with van der Waals surface area (Å²) in [5.74, 6) is 0.941. The molecule has 4 heteroatoms. The molecular weight excluding hydrogens is 633 g/mol. The molecule has 0 fully saturated rings. The van der Waals surface area contributed by atoms with Gasteiger partial charge in [-0.3, -0.25) is 4.57 Å². The minimum atomic E-state index is 0.941. The Labute approximate surface area is 289 Å². The van der Waals surface area contributed by atoms with Gasteiger partial charge in [-0.15, -0.1) is 22.7 Å². The van der Waals surface area contributed by atoms with Gasteiger partial charge in [-0.1, -0.05) is 127 Å². The molecule has 0 aliphatic rings. The van der Waals surface area contributed by atoms with Crippen molar-refractivity contribution in [2.45, 2.75) is 0 Å². The van der Waals surface area contributed by atoms with E-state index in [9.17, 15) is 0 Å². The smallest absolute Gasteiger partial charge is 0.139 e. The van der Waals surface area contributed by atoms with Gasteiger partial charge >= 0.3 is 0 Å². The maximum Gasteiger partial charge on any atom is 0.139 e. The van der Waals surface area contributed by atoms with Crippen LogP contribution in [0, 0.1) is 0 Å². The van der Waals surface area contributed by atoms with E-state index < -0.39 is 0 Å². The Morgan fingerprint density at radius 1 is 0.408 bits per heavy atom. The molecule has 228 valence electrons. The summed E-state index contributed by atoms with van der Waals surface area (Å²) in [6.07, 6.45) is 0. The molecule has 0 amide bonds. The summed E-state index contributed by atoms with van der Waals surface area (Å²) in [6, 6.07) is 57.3. The van der Waals surface area contributed by atoms with E-state index >= 15 is 0 Å². The highest BCUT2D eigenvalue weighted by atomic mass is 32.1. The number of rotatable bonds is 3. The molecule has 11 rings (SSSR count). The highest BCUT2D eigenvalue weighted by molar-refractivity contribution is 7.27. The van der Waals surface area contributed by atoms with Gasteiger partial charge in [-0.05, 0) is 52.2 Å². The quantitative estimate of drug-likeness (QED) is 0.185. The first kappa shape index (κ1) is 27.2. The Morgan fingerprint density at radius 2 is 1.00 bits per heavy atom. The van der Waals surface area contributed by atoms with E-state index in [4.69, 9.17) is 4.98 Å². The lowest BCUT2D eigenvalue weighted by Crippen LogP contribution is -1.99. The van der Waals surface area contributed by atoms with Crippen molar-refractivity contribution in [3.63, 3.8) is 0 Å². The molecule has 0 saturated carbocycles. The lowest BCUT2D eigenvalue weighted by Gasteiger charge is -2.12. The second-order valence-electron chi connectivity index (χ2n) is 12.7. The summed E-state index contributed by atoms with van der Waals surface area (Å²) < 4.78 is 7.56. The summed E-state index contributed by atoms with van der Waals surface area (Å²) in [7, 11) is 0. The average Bonchev–Trinajstić information content (AvgIpc) is 3.85. The van der Waals surface area contributed by atoms with Crippen LogP contribution in [-0.4, -0.2) is 9.55 Å². The Bertz CT molecular complexity index is 3090. The van der Waals surface area contributed by atoms with Gasteiger partial charge in [-0.25, -0.2) is 4.98 Å². The Hall–Kier alpha value is -5.81. The van der Waals surface area contributed by atoms with E-state index in [1.165, 1.54) is 78.5 Å². The SMILES string of the molecule is c1ccc(-c2ccc3c(c2)c2c4ccccc4c4c5ccccc5sc4c2n3-c2cc3c(sc4ccccc43)c(-c3ccccc3)n2)cc1. The molecule has 0 spiro atoms. The number of benzene rings is 7. The van der Waals surface area contributed by atoms with Crippen molar-refractivity contribution >= 4 is 95.6 Å². The first-order valence-corrected chi connectivity index (χ1v) is 18.2. The Morgan fingerprint density at radius 3 is 1.76 bits per heavy atom. The number of fused-ring (bicyclic) bond motifs is 13. The van der Waals surface area contributed by atoms with Gasteiger partial charge in [0, 0.05) is 47.3 Å². The Kier molecular flexibility index (Phi) is 5.74. The van der Waals surface area contributed by atoms with Crippen molar-refractivity contribution < 1.29 is 0 Å². The van der Waals surface area contributed by atoms with E-state index in [1.807, 2.05) is 22.7 Å². The van der Waals surface area contributed by atoms with Crippen molar-refractivity contribution in [2.75, 3.05) is 0 Å². The van der Waals surface area contributed by atoms with Crippen LogP contribution in [0.1, 0.15) is 0 Å². The molecule has 4 heterocycles. The summed E-state index contributed by atoms with van der Waals surface area (Å²) in [5, 5.41) is 10.2. The van der Waals surface area contributed by atoms with E-state index in [1.54, 1.807) is 0 Å². The van der Waals surface area contributed by atoms with Crippen LogP contribution in [0.4, 0.5) is 0 Å². The topological polar surface area (TPSA) is 17.8 Å². The minimum absolute atomic E-state index is 0.941. The molecule has 7 aromatic carbocycles. The summed E-state index contributed by atoms with van der Waals surface area (Å²) in [6.45, 7) is 0. The highest BCUT2D eigenvalue weighted by Gasteiger charge is 2.24. The van der Waals surface area contributed by atoms with Crippen LogP contribution >= 0.6 is 22.7 Å². The number of hydrogen-bond acceptors (Lipinski definition) is 3. The molecule has 0 unspecified atom stereocenters. The highest BCUT2D eigenvalue weighted by Crippen LogP contribution is 2.49. The third-order valence-corrected chi connectivity index (χ3v) is 12.3. The molecule has 0 radical (unpaired) electrons. The van der Waals surface area contributed by atoms with E-state index in [0.29, 0.717) is 0 Å². The summed E-state index contributed by atoms with van der Waals surface area (Å²) in [5.41, 5.74) is 6.97. The fourth-order valence-electron chi connectivity index (χ4n) is 7.84. The molecule has 4 aromatic heterocycles. The molecule has 11 aromatic rings. The van der Waals surface area contributed by atoms with Gasteiger partial charge in [0.25, 0.3) is 0 Å². The minimum Gasteiger partial charge on any atom is -0.292 e. The van der Waals surface area contributed by atoms with Crippen LogP contribution in [0.2, 0.25) is 0 Å². The number of hydrogen-bond donors (Lipinski definition) is 0. The first-order chi connectivity index (χ1) is 24.3. The standard InChI is InChI=1S/C45H26N2S2/c1-3-13-27(14-4-1)29-23-24-36-35(25-29)40-31-18-7-8-19-32(31)41-33-20-10-12-22-38(33)49-45(41)43(40)47(36)39-26-34-30-17-9-11-21-37(30)48-44(34)42(46-39)28-15-5-2-6-16-28/h1-26H. The lowest BCUT2D eigenvalue weighted by atomic mass is 9.97. The molecule has 0 aliphatic heterocycles. The van der Waals surface area contributed by atoms with Crippen LogP contribution in [0.5, 0.6) is 0 Å². The van der Waals surface area contributed by atoms with Gasteiger partial charge in [0.2, 0.25) is 0 Å². The van der Waals surface area contributed by atoms with Crippen LogP contribution in [0.3, 0.4) is 0 Å². The molecule has 0 atom stereocenters. The molecule has 0 N–H and O–H groups in total. The molecule has 0 aliphatic carbocycles. The van der Waals surface area contributed by atoms with Crippen molar-refractivity contribution in [2.24, 2.45) is 0 Å². The van der Waals surface area contributed by atoms with Crippen LogP contribution in [0.25, 0.3) is 101 Å². The number of pyridine rings is 1. The fraction of sp³-hybridized carbons (Fsp3) is 0. The molecule has 49 heavy (non-hydrogen) atoms. The van der Waals surface area contributed by atoms with E-state index in [-0.39, 0.29) is 0 Å². The lowest BCUT2D eigenvalue weighted by molar-refractivity contribution is 1.10. The number of nitrogens with zero attached hydrogens (tertiary/aromatic N) is 2. The van der Waals surface area contributed by atoms with Gasteiger partial charge in [-0.2, -0.15) is 0 Å². The first-order valence-electron chi connectivity index (χ1n) is 16.6. The molecule has 0 saturated heterocycles. The zero-order chi connectivity index (χ0) is 32.1. The maximum absolute atomic E-state index is 5.61. The van der Waals surface area contributed by atoms with Crippen molar-refractivity contribution in [1.82, 2.24) is 9.55 Å². The van der Waals surface area contributed by atoms with E-state index in [2.05, 4.69) is 162 Å². The van der Waals surface area contributed by atoms with Crippen molar-refractivity contribution in [3.05, 3.63) is 158 Å². The number of thiophene rings is 2. The van der Waals surface area contributed by atoms with Gasteiger partial charge < -0.3 is 0 Å². The fourth-order valence-corrected chi connectivity index (χ4v) is 10.3. The van der Waals surface area contributed by atoms with Crippen molar-refractivity contribution in [1.29, 1.82) is 0 Å². The second-order valence-corrected chi connectivity index (χ2v) is 14.8. The van der Waals surface area contributed by atoms with Crippen LogP contribution in [-0.2, 0) is 0 Å². The predicted molar refractivity (Wildman–Crippen MR) is 213 cm³/mol. The second kappa shape index (κ2) is 10.3. The van der Waals surface area contributed by atoms with Crippen molar-refractivity contribution in [3.8, 4) is 28.2 Å². The molecule has 2 nitrogen and oxygen atoms in total. The molecule has 0 bridgehead atoms. The average molecular weight is 659 g/mol. The molecular formula is C45H26N2S2. The van der Waals surface area contributed by atoms with Crippen LogP contribution in [0.15, 0.2) is 158 Å². The predicted octanol–water partition coefficient (Wildman–Crippen LogP) is 13.4. The van der Waals surface area contributed by atoms with Gasteiger partial charge in [0.1, 0.15) is 5.82 Å². The zero-order valence-electron chi connectivity index (χ0n) is 26.2. The largest absolute Gasteiger partial charge is 0.292 e. The summed E-state index contributed by atoms with van der Waals surface area (Å²) in [4.78, 5) is 5.61. The zero-order valence-corrected chi connectivity index (χ0v) is 27.9.